The monoisotopic (exact) mass is 388 g/mol. The van der Waals surface area contributed by atoms with E-state index in [-0.39, 0.29) is 12.8 Å². The summed E-state index contributed by atoms with van der Waals surface area (Å²) in [5.74, 6) is -9.17. The predicted octanol–water partition coefficient (Wildman–Crippen LogP) is 4.81. The first-order valence-corrected chi connectivity index (χ1v) is 8.51. The van der Waals surface area contributed by atoms with Gasteiger partial charge in [-0.25, -0.2) is 8.78 Å². The summed E-state index contributed by atoms with van der Waals surface area (Å²) in [6, 6.07) is 0. The minimum atomic E-state index is -4.58. The summed E-state index contributed by atoms with van der Waals surface area (Å²) >= 11 is 0. The first-order valence-electron chi connectivity index (χ1n) is 8.51. The van der Waals surface area contributed by atoms with Gasteiger partial charge in [0.2, 0.25) is 5.92 Å². The third kappa shape index (κ3) is 7.45. The van der Waals surface area contributed by atoms with E-state index in [2.05, 4.69) is 0 Å². The van der Waals surface area contributed by atoms with Crippen molar-refractivity contribution in [3.05, 3.63) is 0 Å². The molecule has 1 rings (SSSR count). The molecule has 0 aliphatic heterocycles. The molecule has 0 aromatic rings. The highest BCUT2D eigenvalue weighted by Crippen LogP contribution is 2.43. The Hall–Kier alpha value is -1.41. The SMILES string of the molecule is CC(C)(C)OC(=O)C(C1CCC(F)(F)CC1)[C@@H](CCC(F)(F)F)C(=O)O. The zero-order valence-corrected chi connectivity index (χ0v) is 15.0. The number of halogens is 5. The van der Waals surface area contributed by atoms with Gasteiger partial charge in [-0.15, -0.1) is 0 Å². The largest absolute Gasteiger partial charge is 0.481 e. The Morgan fingerprint density at radius 3 is 2.04 bits per heavy atom. The zero-order chi connectivity index (χ0) is 20.3. The number of carbonyl (C=O) groups is 2. The number of rotatable bonds is 6. The summed E-state index contributed by atoms with van der Waals surface area (Å²) in [5, 5.41) is 9.40. The molecule has 4 nitrogen and oxygen atoms in total. The number of hydrogen-bond donors (Lipinski definition) is 1. The number of carboxylic acid groups (broad SMARTS) is 1. The fraction of sp³-hybridized carbons (Fsp3) is 0.882. The van der Waals surface area contributed by atoms with Crippen molar-refractivity contribution in [1.29, 1.82) is 0 Å². The summed E-state index contributed by atoms with van der Waals surface area (Å²) in [7, 11) is 0. The van der Waals surface area contributed by atoms with Gasteiger partial charge >= 0.3 is 18.1 Å². The van der Waals surface area contributed by atoms with Crippen molar-refractivity contribution >= 4 is 11.9 Å². The molecule has 152 valence electrons. The average Bonchev–Trinajstić information content (AvgIpc) is 2.40. The maximum absolute atomic E-state index is 13.4. The molecular weight excluding hydrogens is 363 g/mol. The van der Waals surface area contributed by atoms with Gasteiger partial charge in [-0.1, -0.05) is 0 Å². The van der Waals surface area contributed by atoms with Crippen molar-refractivity contribution in [2.75, 3.05) is 0 Å². The van der Waals surface area contributed by atoms with Gasteiger partial charge in [-0.05, 0) is 46.0 Å². The second-order valence-electron chi connectivity index (χ2n) is 7.85. The third-order valence-corrected chi connectivity index (χ3v) is 4.44. The highest BCUT2D eigenvalue weighted by atomic mass is 19.4. The molecule has 1 aliphatic carbocycles. The molecule has 1 saturated carbocycles. The second-order valence-corrected chi connectivity index (χ2v) is 7.85. The molecule has 0 radical (unpaired) electrons. The van der Waals surface area contributed by atoms with Crippen LogP contribution in [0.1, 0.15) is 59.3 Å². The Morgan fingerprint density at radius 2 is 1.65 bits per heavy atom. The normalized spacial score (nSPS) is 21.1. The van der Waals surface area contributed by atoms with Crippen molar-refractivity contribution < 1.29 is 41.4 Å². The highest BCUT2D eigenvalue weighted by Gasteiger charge is 2.47. The standard InChI is InChI=1S/C17H25F5O4/c1-15(2,3)26-14(25)12(10-4-7-16(18,19)8-5-10)11(13(23)24)6-9-17(20,21)22/h10-12H,4-9H2,1-3H3,(H,23,24)/t11-,12?/m1/s1. The van der Waals surface area contributed by atoms with Gasteiger partial charge in [-0.2, -0.15) is 13.2 Å². The van der Waals surface area contributed by atoms with E-state index in [0.717, 1.165) is 0 Å². The fourth-order valence-electron chi connectivity index (χ4n) is 3.25. The number of esters is 1. The highest BCUT2D eigenvalue weighted by molar-refractivity contribution is 5.81. The van der Waals surface area contributed by atoms with Gasteiger partial charge in [0.15, 0.2) is 0 Å². The summed E-state index contributed by atoms with van der Waals surface area (Å²) < 4.78 is 69.6. The molecule has 0 amide bonds. The molecule has 0 aromatic heterocycles. The van der Waals surface area contributed by atoms with E-state index in [0.29, 0.717) is 0 Å². The molecule has 1 unspecified atom stereocenters. The number of aliphatic carboxylic acids is 1. The van der Waals surface area contributed by atoms with Crippen LogP contribution < -0.4 is 0 Å². The Morgan fingerprint density at radius 1 is 1.15 bits per heavy atom. The van der Waals surface area contributed by atoms with Crippen LogP contribution in [0.4, 0.5) is 22.0 Å². The van der Waals surface area contributed by atoms with Crippen molar-refractivity contribution in [3.63, 3.8) is 0 Å². The van der Waals surface area contributed by atoms with Crippen LogP contribution in [0.3, 0.4) is 0 Å². The van der Waals surface area contributed by atoms with E-state index in [1.54, 1.807) is 20.8 Å². The van der Waals surface area contributed by atoms with Gasteiger partial charge in [0.05, 0.1) is 11.8 Å². The summed E-state index contributed by atoms with van der Waals surface area (Å²) in [5.41, 5.74) is -0.971. The quantitative estimate of drug-likeness (QED) is 0.524. The minimum absolute atomic E-state index is 0.132. The molecule has 2 atom stereocenters. The molecule has 0 aromatic carbocycles. The van der Waals surface area contributed by atoms with E-state index < -0.39 is 73.1 Å². The van der Waals surface area contributed by atoms with Crippen LogP contribution in [0.25, 0.3) is 0 Å². The first-order chi connectivity index (χ1) is 11.6. The zero-order valence-electron chi connectivity index (χ0n) is 15.0. The van der Waals surface area contributed by atoms with E-state index in [4.69, 9.17) is 4.74 Å². The van der Waals surface area contributed by atoms with Crippen LogP contribution in [0.5, 0.6) is 0 Å². The molecule has 0 saturated heterocycles. The number of carbonyl (C=O) groups excluding carboxylic acids is 1. The summed E-state index contributed by atoms with van der Waals surface area (Å²) in [6.45, 7) is 4.63. The van der Waals surface area contributed by atoms with Crippen LogP contribution in [-0.2, 0) is 14.3 Å². The van der Waals surface area contributed by atoms with Crippen LogP contribution in [-0.4, -0.2) is 34.7 Å². The fourth-order valence-corrected chi connectivity index (χ4v) is 3.25. The van der Waals surface area contributed by atoms with Gasteiger partial charge in [0.25, 0.3) is 0 Å². The van der Waals surface area contributed by atoms with Crippen LogP contribution in [0.15, 0.2) is 0 Å². The number of alkyl halides is 5. The molecule has 1 fully saturated rings. The maximum Gasteiger partial charge on any atom is 0.389 e. The van der Waals surface area contributed by atoms with E-state index in [9.17, 15) is 36.6 Å². The van der Waals surface area contributed by atoms with Crippen LogP contribution in [0, 0.1) is 17.8 Å². The van der Waals surface area contributed by atoms with Crippen molar-refractivity contribution in [3.8, 4) is 0 Å². The second kappa shape index (κ2) is 8.08. The predicted molar refractivity (Wildman–Crippen MR) is 82.7 cm³/mol. The summed E-state index contributed by atoms with van der Waals surface area (Å²) in [4.78, 5) is 24.1. The first kappa shape index (κ1) is 22.6. The molecule has 26 heavy (non-hydrogen) atoms. The topological polar surface area (TPSA) is 63.6 Å². The van der Waals surface area contributed by atoms with Gasteiger partial charge < -0.3 is 9.84 Å². The van der Waals surface area contributed by atoms with E-state index in [1.807, 2.05) is 0 Å². The van der Waals surface area contributed by atoms with Crippen LogP contribution in [0.2, 0.25) is 0 Å². The summed E-state index contributed by atoms with van der Waals surface area (Å²) in [6.07, 6.45) is -8.06. The Kier molecular flexibility index (Phi) is 7.04. The van der Waals surface area contributed by atoms with Crippen molar-refractivity contribution in [1.82, 2.24) is 0 Å². The van der Waals surface area contributed by atoms with Crippen molar-refractivity contribution in [2.24, 2.45) is 17.8 Å². The maximum atomic E-state index is 13.4. The van der Waals surface area contributed by atoms with Crippen molar-refractivity contribution in [2.45, 2.75) is 77.0 Å². The lowest BCUT2D eigenvalue weighted by Gasteiger charge is -2.36. The average molecular weight is 388 g/mol. The van der Waals surface area contributed by atoms with E-state index in [1.165, 1.54) is 0 Å². The molecule has 9 heteroatoms. The molecule has 0 heterocycles. The Bertz CT molecular complexity index is 500. The Labute approximate surface area is 149 Å². The number of ether oxygens (including phenoxy) is 1. The lowest BCUT2D eigenvalue weighted by Crippen LogP contribution is -2.42. The van der Waals surface area contributed by atoms with Gasteiger partial charge in [0.1, 0.15) is 5.60 Å². The molecule has 0 spiro atoms. The molecular formula is C17H25F5O4. The lowest BCUT2D eigenvalue weighted by molar-refractivity contribution is -0.175. The smallest absolute Gasteiger partial charge is 0.389 e. The molecule has 1 aliphatic rings. The van der Waals surface area contributed by atoms with Crippen LogP contribution >= 0.6 is 0 Å². The number of hydrogen-bond acceptors (Lipinski definition) is 3. The van der Waals surface area contributed by atoms with Gasteiger partial charge in [0, 0.05) is 19.3 Å². The van der Waals surface area contributed by atoms with Gasteiger partial charge in [-0.3, -0.25) is 9.59 Å². The molecule has 0 bridgehead atoms. The molecule has 1 N–H and O–H groups in total. The lowest BCUT2D eigenvalue weighted by atomic mass is 9.72. The number of carboxylic acids is 1. The minimum Gasteiger partial charge on any atom is -0.481 e. The van der Waals surface area contributed by atoms with E-state index >= 15 is 0 Å². The third-order valence-electron chi connectivity index (χ3n) is 4.44. The Balaban J connectivity index is 3.07.